The summed E-state index contributed by atoms with van der Waals surface area (Å²) < 4.78 is 61.9. The van der Waals surface area contributed by atoms with Crippen molar-refractivity contribution in [3.05, 3.63) is 57.3 Å². The van der Waals surface area contributed by atoms with E-state index in [-0.39, 0.29) is 17.2 Å². The number of benzene rings is 1. The Hall–Kier alpha value is -3.21. The first-order chi connectivity index (χ1) is 18.0. The van der Waals surface area contributed by atoms with Gasteiger partial charge in [0.1, 0.15) is 29.5 Å². The average Bonchev–Trinajstić information content (AvgIpc) is 3.65. The standard InChI is InChI=1S/C27H31F4N5O2/c1-15-13-38-11-10-35(15)23-22-20(12-36(25(23)37)26(14-28)8-9-26)24(34-18(4)33-22)32-17(3)19-6-5-7-21(16(19)2)27(29,30)31/h5-7,12,15,17H,8-11,13-14H2,1-4H3,(H,32,33,34)/t15-,17+/m0/s1. The Bertz CT molecular complexity index is 1430. The third-order valence-electron chi connectivity index (χ3n) is 7.70. The smallest absolute Gasteiger partial charge is 0.377 e. The zero-order valence-electron chi connectivity index (χ0n) is 21.8. The van der Waals surface area contributed by atoms with Gasteiger partial charge in [-0.25, -0.2) is 14.4 Å². The van der Waals surface area contributed by atoms with Crippen molar-refractivity contribution >= 4 is 22.4 Å². The maximum Gasteiger partial charge on any atom is 0.416 e. The minimum absolute atomic E-state index is 0.102. The molecule has 0 amide bonds. The van der Waals surface area contributed by atoms with Crippen molar-refractivity contribution in [2.24, 2.45) is 0 Å². The van der Waals surface area contributed by atoms with E-state index in [1.807, 2.05) is 11.8 Å². The molecule has 1 N–H and O–H groups in total. The average molecular weight is 534 g/mol. The number of nitrogens with zero attached hydrogens (tertiary/aromatic N) is 4. The van der Waals surface area contributed by atoms with Crippen molar-refractivity contribution in [1.82, 2.24) is 14.5 Å². The van der Waals surface area contributed by atoms with E-state index in [1.165, 1.54) is 17.6 Å². The van der Waals surface area contributed by atoms with Crippen LogP contribution in [0.3, 0.4) is 0 Å². The summed E-state index contributed by atoms with van der Waals surface area (Å²) in [5.74, 6) is 0.779. The summed E-state index contributed by atoms with van der Waals surface area (Å²) >= 11 is 0. The Kier molecular flexibility index (Phi) is 6.61. The molecule has 11 heteroatoms. The minimum atomic E-state index is -4.47. The number of hydrogen-bond donors (Lipinski definition) is 1. The Labute approximate surface area is 217 Å². The van der Waals surface area contributed by atoms with Crippen molar-refractivity contribution in [2.75, 3.05) is 36.6 Å². The van der Waals surface area contributed by atoms with Gasteiger partial charge in [0.25, 0.3) is 5.56 Å². The van der Waals surface area contributed by atoms with Crippen LogP contribution in [0, 0.1) is 13.8 Å². The number of aromatic nitrogens is 3. The van der Waals surface area contributed by atoms with Crippen molar-refractivity contribution in [2.45, 2.75) is 64.3 Å². The quantitative estimate of drug-likeness (QED) is 0.435. The maximum absolute atomic E-state index is 14.2. The lowest BCUT2D eigenvalue weighted by molar-refractivity contribution is -0.138. The molecule has 5 rings (SSSR count). The number of ether oxygens (including phenoxy) is 1. The summed E-state index contributed by atoms with van der Waals surface area (Å²) in [6, 6.07) is 3.46. The molecule has 2 atom stereocenters. The molecule has 3 aromatic rings. The number of nitrogens with one attached hydrogen (secondary N) is 1. The molecule has 7 nitrogen and oxygen atoms in total. The lowest BCUT2D eigenvalue weighted by Crippen LogP contribution is -2.47. The van der Waals surface area contributed by atoms with Gasteiger partial charge in [0.15, 0.2) is 0 Å². The van der Waals surface area contributed by atoms with Crippen LogP contribution in [0.5, 0.6) is 0 Å². The van der Waals surface area contributed by atoms with Gasteiger partial charge in [0, 0.05) is 18.8 Å². The molecule has 1 aliphatic carbocycles. The number of aryl methyl sites for hydroxylation is 1. The summed E-state index contributed by atoms with van der Waals surface area (Å²) in [7, 11) is 0. The first-order valence-electron chi connectivity index (χ1n) is 12.7. The number of morpholine rings is 1. The molecule has 2 aliphatic rings. The summed E-state index contributed by atoms with van der Waals surface area (Å²) in [6.45, 7) is 7.54. The summed E-state index contributed by atoms with van der Waals surface area (Å²) in [4.78, 5) is 25.0. The predicted molar refractivity (Wildman–Crippen MR) is 138 cm³/mol. The van der Waals surface area contributed by atoms with Gasteiger partial charge in [0.2, 0.25) is 0 Å². The highest BCUT2D eigenvalue weighted by Gasteiger charge is 2.46. The molecule has 1 aromatic carbocycles. The molecule has 1 saturated heterocycles. The zero-order chi connectivity index (χ0) is 27.4. The molecule has 0 spiro atoms. The molecule has 0 bridgehead atoms. The minimum Gasteiger partial charge on any atom is -0.377 e. The highest BCUT2D eigenvalue weighted by Crippen LogP contribution is 2.44. The van der Waals surface area contributed by atoms with Gasteiger partial charge < -0.3 is 19.5 Å². The van der Waals surface area contributed by atoms with Crippen LogP contribution < -0.4 is 15.8 Å². The van der Waals surface area contributed by atoms with E-state index in [0.717, 1.165) is 6.07 Å². The molecule has 3 heterocycles. The molecule has 0 radical (unpaired) electrons. The lowest BCUT2D eigenvalue weighted by Gasteiger charge is -2.35. The van der Waals surface area contributed by atoms with E-state index in [9.17, 15) is 22.4 Å². The van der Waals surface area contributed by atoms with E-state index in [1.54, 1.807) is 26.1 Å². The number of anilines is 2. The molecular weight excluding hydrogens is 502 g/mol. The zero-order valence-corrected chi connectivity index (χ0v) is 21.8. The van der Waals surface area contributed by atoms with Crippen LogP contribution in [0.15, 0.2) is 29.2 Å². The summed E-state index contributed by atoms with van der Waals surface area (Å²) in [6.07, 6.45) is -1.78. The predicted octanol–water partition coefficient (Wildman–Crippen LogP) is 5.28. The normalized spacial score (nSPS) is 20.0. The summed E-state index contributed by atoms with van der Waals surface area (Å²) in [5, 5.41) is 3.78. The third kappa shape index (κ3) is 4.50. The SMILES string of the molecule is Cc1nc(N[C@H](C)c2cccc(C(F)(F)F)c2C)c2cn(C3(CF)CC3)c(=O)c(N3CCOC[C@@H]3C)c2n1. The topological polar surface area (TPSA) is 72.3 Å². The first kappa shape index (κ1) is 26.4. The number of halogens is 4. The second-order valence-corrected chi connectivity index (χ2v) is 10.4. The maximum atomic E-state index is 14.2. The second-order valence-electron chi connectivity index (χ2n) is 10.4. The fourth-order valence-corrected chi connectivity index (χ4v) is 5.36. The Morgan fingerprint density at radius 1 is 1.24 bits per heavy atom. The molecule has 2 aromatic heterocycles. The first-order valence-corrected chi connectivity index (χ1v) is 12.7. The van der Waals surface area contributed by atoms with Crippen LogP contribution in [0.4, 0.5) is 29.1 Å². The van der Waals surface area contributed by atoms with Crippen molar-refractivity contribution in [1.29, 1.82) is 0 Å². The molecule has 1 saturated carbocycles. The molecule has 1 aliphatic heterocycles. The van der Waals surface area contributed by atoms with Crippen molar-refractivity contribution < 1.29 is 22.3 Å². The highest BCUT2D eigenvalue weighted by molar-refractivity contribution is 5.97. The number of hydrogen-bond acceptors (Lipinski definition) is 6. The van der Waals surface area contributed by atoms with E-state index in [4.69, 9.17) is 4.74 Å². The lowest BCUT2D eigenvalue weighted by atomic mass is 9.97. The van der Waals surface area contributed by atoms with Crippen LogP contribution in [-0.4, -0.2) is 47.0 Å². The van der Waals surface area contributed by atoms with Gasteiger partial charge in [0.05, 0.1) is 35.7 Å². The third-order valence-corrected chi connectivity index (χ3v) is 7.70. The van der Waals surface area contributed by atoms with Gasteiger partial charge in [-0.1, -0.05) is 12.1 Å². The molecular formula is C27H31F4N5O2. The fraction of sp³-hybridized carbons (Fsp3) is 0.519. The molecule has 0 unspecified atom stereocenters. The Morgan fingerprint density at radius 2 is 1.97 bits per heavy atom. The highest BCUT2D eigenvalue weighted by atomic mass is 19.4. The number of pyridine rings is 1. The van der Waals surface area contributed by atoms with Crippen LogP contribution in [-0.2, 0) is 16.5 Å². The number of rotatable bonds is 6. The second kappa shape index (κ2) is 9.52. The number of alkyl halides is 4. The number of fused-ring (bicyclic) bond motifs is 1. The van der Waals surface area contributed by atoms with E-state index in [2.05, 4.69) is 15.3 Å². The monoisotopic (exact) mass is 533 g/mol. The van der Waals surface area contributed by atoms with Crippen LogP contribution in [0.25, 0.3) is 10.9 Å². The van der Waals surface area contributed by atoms with Gasteiger partial charge >= 0.3 is 6.18 Å². The van der Waals surface area contributed by atoms with Crippen molar-refractivity contribution in [3.63, 3.8) is 0 Å². The van der Waals surface area contributed by atoms with Crippen LogP contribution in [0.1, 0.15) is 55.2 Å². The van der Waals surface area contributed by atoms with Gasteiger partial charge in [-0.05, 0) is 57.7 Å². The Balaban J connectivity index is 1.68. The fourth-order valence-electron chi connectivity index (χ4n) is 5.36. The van der Waals surface area contributed by atoms with E-state index < -0.39 is 30.0 Å². The molecule has 38 heavy (non-hydrogen) atoms. The van der Waals surface area contributed by atoms with Crippen molar-refractivity contribution in [3.8, 4) is 0 Å². The molecule has 204 valence electrons. The van der Waals surface area contributed by atoms with Gasteiger partial charge in [-0.3, -0.25) is 4.79 Å². The largest absolute Gasteiger partial charge is 0.416 e. The molecule has 2 fully saturated rings. The van der Waals surface area contributed by atoms with E-state index >= 15 is 0 Å². The summed E-state index contributed by atoms with van der Waals surface area (Å²) in [5.41, 5.74) is -0.505. The van der Waals surface area contributed by atoms with Gasteiger partial charge in [-0.15, -0.1) is 0 Å². The van der Waals surface area contributed by atoms with Crippen LogP contribution in [0.2, 0.25) is 0 Å². The van der Waals surface area contributed by atoms with Crippen LogP contribution >= 0.6 is 0 Å². The van der Waals surface area contributed by atoms with Gasteiger partial charge in [-0.2, -0.15) is 13.2 Å². The Morgan fingerprint density at radius 3 is 2.61 bits per heavy atom. The van der Waals surface area contributed by atoms with E-state index in [0.29, 0.717) is 66.4 Å².